The van der Waals surface area contributed by atoms with Crippen LogP contribution in [0.4, 0.5) is 10.1 Å². The maximum Gasteiger partial charge on any atom is 0.343 e. The monoisotopic (exact) mass is 243 g/mol. The van der Waals surface area contributed by atoms with Gasteiger partial charge in [-0.1, -0.05) is 0 Å². The van der Waals surface area contributed by atoms with Crippen LogP contribution in [0.2, 0.25) is 0 Å². The second-order valence-corrected chi connectivity index (χ2v) is 3.66. The first-order chi connectivity index (χ1) is 7.88. The van der Waals surface area contributed by atoms with Crippen molar-refractivity contribution in [2.45, 2.75) is 20.0 Å². The minimum Gasteiger partial charge on any atom is -0.502 e. The number of phenols is 1. The van der Waals surface area contributed by atoms with Gasteiger partial charge in [0.25, 0.3) is 0 Å². The van der Waals surface area contributed by atoms with Crippen molar-refractivity contribution in [3.8, 4) is 11.5 Å². The number of halogens is 1. The van der Waals surface area contributed by atoms with Crippen LogP contribution >= 0.6 is 0 Å². The molecule has 0 aromatic heterocycles. The van der Waals surface area contributed by atoms with Crippen LogP contribution < -0.4 is 10.5 Å². The fourth-order valence-electron chi connectivity index (χ4n) is 1.27. The van der Waals surface area contributed by atoms with Crippen molar-refractivity contribution >= 4 is 11.7 Å². The summed E-state index contributed by atoms with van der Waals surface area (Å²) in [6, 6.07) is 1.16. The van der Waals surface area contributed by atoms with E-state index in [0.29, 0.717) is 0 Å². The molecule has 0 radical (unpaired) electrons. The van der Waals surface area contributed by atoms with Gasteiger partial charge in [-0.2, -0.15) is 0 Å². The zero-order valence-corrected chi connectivity index (χ0v) is 9.78. The Morgan fingerprint density at radius 2 is 2.12 bits per heavy atom. The molecule has 0 fully saturated rings. The van der Waals surface area contributed by atoms with Crippen LogP contribution in [-0.4, -0.2) is 24.3 Å². The van der Waals surface area contributed by atoms with Crippen molar-refractivity contribution in [1.82, 2.24) is 0 Å². The highest BCUT2D eigenvalue weighted by molar-refractivity contribution is 5.96. The highest BCUT2D eigenvalue weighted by Gasteiger charge is 2.24. The molecular weight excluding hydrogens is 229 g/mol. The molecule has 1 aromatic carbocycles. The molecule has 0 aliphatic heterocycles. The molecule has 0 aliphatic carbocycles. The Labute approximate surface area is 97.9 Å². The Morgan fingerprint density at radius 3 is 2.59 bits per heavy atom. The largest absolute Gasteiger partial charge is 0.502 e. The van der Waals surface area contributed by atoms with Crippen molar-refractivity contribution < 1.29 is 23.8 Å². The van der Waals surface area contributed by atoms with Crippen molar-refractivity contribution in [1.29, 1.82) is 0 Å². The summed E-state index contributed by atoms with van der Waals surface area (Å²) in [6.07, 6.45) is -0.412. The van der Waals surface area contributed by atoms with E-state index in [1.54, 1.807) is 13.8 Å². The Bertz CT molecular complexity index is 446. The number of ether oxygens (including phenoxy) is 2. The van der Waals surface area contributed by atoms with Gasteiger partial charge in [-0.15, -0.1) is 0 Å². The quantitative estimate of drug-likeness (QED) is 0.479. The Hall–Kier alpha value is -1.98. The Balaban J connectivity index is 3.26. The van der Waals surface area contributed by atoms with Crippen LogP contribution in [0, 0.1) is 5.82 Å². The number of methoxy groups -OCH3 is 1. The third-order valence-electron chi connectivity index (χ3n) is 2.00. The maximum atomic E-state index is 13.7. The molecule has 1 aromatic rings. The fourth-order valence-corrected chi connectivity index (χ4v) is 1.27. The van der Waals surface area contributed by atoms with Gasteiger partial charge in [0.1, 0.15) is 5.56 Å². The normalized spacial score (nSPS) is 10.4. The van der Waals surface area contributed by atoms with E-state index in [-0.39, 0.29) is 11.4 Å². The van der Waals surface area contributed by atoms with Crippen LogP contribution in [0.25, 0.3) is 0 Å². The average molecular weight is 243 g/mol. The van der Waals surface area contributed by atoms with E-state index in [1.165, 1.54) is 7.11 Å². The van der Waals surface area contributed by atoms with Crippen LogP contribution in [0.15, 0.2) is 6.07 Å². The van der Waals surface area contributed by atoms with Gasteiger partial charge >= 0.3 is 5.97 Å². The number of aromatic hydroxyl groups is 1. The lowest BCUT2D eigenvalue weighted by molar-refractivity contribution is 0.0373. The maximum absolute atomic E-state index is 13.7. The fraction of sp³-hybridized carbons (Fsp3) is 0.364. The lowest BCUT2D eigenvalue weighted by Crippen LogP contribution is -2.15. The number of benzene rings is 1. The number of nitrogens with two attached hydrogens (primary N) is 1. The number of nitrogen functional groups attached to an aromatic ring is 1. The first-order valence-corrected chi connectivity index (χ1v) is 4.94. The number of phenolic OH excluding ortho intramolecular Hbond substituents is 1. The lowest BCUT2D eigenvalue weighted by atomic mass is 10.1. The molecule has 5 nitrogen and oxygen atoms in total. The van der Waals surface area contributed by atoms with Gasteiger partial charge in [0.2, 0.25) is 0 Å². The smallest absolute Gasteiger partial charge is 0.343 e. The van der Waals surface area contributed by atoms with Crippen molar-refractivity contribution in [3.05, 3.63) is 17.4 Å². The van der Waals surface area contributed by atoms with Gasteiger partial charge < -0.3 is 20.3 Å². The Kier molecular flexibility index (Phi) is 3.77. The summed E-state index contributed by atoms with van der Waals surface area (Å²) >= 11 is 0. The van der Waals surface area contributed by atoms with E-state index < -0.39 is 29.2 Å². The highest BCUT2D eigenvalue weighted by Crippen LogP contribution is 2.35. The summed E-state index contributed by atoms with van der Waals surface area (Å²) in [5.74, 6) is -2.97. The second kappa shape index (κ2) is 4.90. The van der Waals surface area contributed by atoms with Gasteiger partial charge in [-0.3, -0.25) is 0 Å². The number of carbonyl (C=O) groups is 1. The molecule has 94 valence electrons. The van der Waals surface area contributed by atoms with E-state index in [0.717, 1.165) is 6.07 Å². The number of anilines is 1. The van der Waals surface area contributed by atoms with Crippen LogP contribution in [0.5, 0.6) is 11.5 Å². The molecule has 0 amide bonds. The molecule has 0 saturated heterocycles. The molecule has 0 heterocycles. The number of carbonyl (C=O) groups excluding carboxylic acids is 1. The second-order valence-electron chi connectivity index (χ2n) is 3.66. The molecule has 0 saturated carbocycles. The number of hydrogen-bond acceptors (Lipinski definition) is 5. The average Bonchev–Trinajstić information content (AvgIpc) is 2.22. The standard InChI is InChI=1S/C11H14FNO4/c1-5(2)17-11(15)8-6(13)4-7(16-3)10(14)9(8)12/h4-5,14H,13H2,1-3H3. The number of rotatable bonds is 3. The lowest BCUT2D eigenvalue weighted by Gasteiger charge is -2.13. The first-order valence-electron chi connectivity index (χ1n) is 4.94. The zero-order valence-electron chi connectivity index (χ0n) is 9.78. The van der Waals surface area contributed by atoms with Crippen molar-refractivity contribution in [2.75, 3.05) is 12.8 Å². The van der Waals surface area contributed by atoms with Gasteiger partial charge in [0, 0.05) is 6.07 Å². The van der Waals surface area contributed by atoms with Gasteiger partial charge in [-0.05, 0) is 13.8 Å². The molecule has 1 rings (SSSR count). The predicted octanol–water partition coefficient (Wildman–Crippen LogP) is 1.69. The molecule has 0 atom stereocenters. The van der Waals surface area contributed by atoms with Crippen LogP contribution in [0.1, 0.15) is 24.2 Å². The zero-order chi connectivity index (χ0) is 13.2. The van der Waals surface area contributed by atoms with Crippen molar-refractivity contribution in [3.63, 3.8) is 0 Å². The number of esters is 1. The first kappa shape index (κ1) is 13.1. The predicted molar refractivity (Wildman–Crippen MR) is 59.6 cm³/mol. The van der Waals surface area contributed by atoms with Gasteiger partial charge in [-0.25, -0.2) is 9.18 Å². The molecule has 17 heavy (non-hydrogen) atoms. The minimum absolute atomic E-state index is 0.138. The Morgan fingerprint density at radius 1 is 1.53 bits per heavy atom. The summed E-state index contributed by atoms with van der Waals surface area (Å²) in [4.78, 5) is 11.6. The van der Waals surface area contributed by atoms with Crippen LogP contribution in [-0.2, 0) is 4.74 Å². The number of hydrogen-bond donors (Lipinski definition) is 2. The molecule has 0 spiro atoms. The molecule has 3 N–H and O–H groups in total. The SMILES string of the molecule is COc1cc(N)c(C(=O)OC(C)C)c(F)c1O. The summed E-state index contributed by atoms with van der Waals surface area (Å²) in [7, 11) is 1.25. The van der Waals surface area contributed by atoms with Crippen LogP contribution in [0.3, 0.4) is 0 Å². The van der Waals surface area contributed by atoms with E-state index >= 15 is 0 Å². The summed E-state index contributed by atoms with van der Waals surface area (Å²) in [6.45, 7) is 3.24. The summed E-state index contributed by atoms with van der Waals surface area (Å²) < 4.78 is 23.2. The molecule has 0 bridgehead atoms. The molecule has 0 aliphatic rings. The van der Waals surface area contributed by atoms with E-state index in [2.05, 4.69) is 0 Å². The molecule has 6 heteroatoms. The van der Waals surface area contributed by atoms with E-state index in [9.17, 15) is 14.3 Å². The van der Waals surface area contributed by atoms with E-state index in [4.69, 9.17) is 15.2 Å². The molecular formula is C11H14FNO4. The third kappa shape index (κ3) is 2.58. The molecule has 0 unspecified atom stereocenters. The van der Waals surface area contributed by atoms with Crippen molar-refractivity contribution in [2.24, 2.45) is 0 Å². The van der Waals surface area contributed by atoms with E-state index in [1.807, 2.05) is 0 Å². The highest BCUT2D eigenvalue weighted by atomic mass is 19.1. The summed E-state index contributed by atoms with van der Waals surface area (Å²) in [5, 5.41) is 9.42. The third-order valence-corrected chi connectivity index (χ3v) is 2.00. The van der Waals surface area contributed by atoms with Gasteiger partial charge in [0.15, 0.2) is 17.3 Å². The van der Waals surface area contributed by atoms with Gasteiger partial charge in [0.05, 0.1) is 18.9 Å². The minimum atomic E-state index is -1.15. The topological polar surface area (TPSA) is 81.8 Å². The summed E-state index contributed by atoms with van der Waals surface area (Å²) in [5.41, 5.74) is 4.87.